The van der Waals surface area contributed by atoms with E-state index in [-0.39, 0.29) is 22.8 Å². The first-order valence-corrected chi connectivity index (χ1v) is 8.05. The zero-order chi connectivity index (χ0) is 20.6. The number of nitrogens with zero attached hydrogens (tertiary/aromatic N) is 2. The summed E-state index contributed by atoms with van der Waals surface area (Å²) >= 11 is 0. The lowest BCUT2D eigenvalue weighted by atomic mass is 9.95. The van der Waals surface area contributed by atoms with Crippen LogP contribution in [0.3, 0.4) is 0 Å². The highest BCUT2D eigenvalue weighted by molar-refractivity contribution is 6.04. The summed E-state index contributed by atoms with van der Waals surface area (Å²) in [7, 11) is 2.73. The molecule has 0 atom stereocenters. The number of aryl methyl sites for hydroxylation is 1. The quantitative estimate of drug-likeness (QED) is 0.453. The third kappa shape index (κ3) is 3.30. The molecule has 146 valence electrons. The van der Waals surface area contributed by atoms with E-state index in [9.17, 15) is 23.3 Å². The van der Waals surface area contributed by atoms with Crippen LogP contribution in [0.5, 0.6) is 11.6 Å². The highest BCUT2D eigenvalue weighted by atomic mass is 19.4. The normalized spacial score (nSPS) is 11.5. The summed E-state index contributed by atoms with van der Waals surface area (Å²) < 4.78 is 49.1. The first-order valence-electron chi connectivity index (χ1n) is 8.05. The van der Waals surface area contributed by atoms with Gasteiger partial charge in [-0.15, -0.1) is 0 Å². The number of non-ortho nitro benzene ring substituents is 1. The van der Waals surface area contributed by atoms with Gasteiger partial charge < -0.3 is 9.47 Å². The van der Waals surface area contributed by atoms with Crippen molar-refractivity contribution in [1.29, 1.82) is 0 Å². The van der Waals surface area contributed by atoms with Crippen molar-refractivity contribution in [2.45, 2.75) is 13.1 Å². The molecule has 0 saturated carbocycles. The number of halogens is 3. The monoisotopic (exact) mass is 392 g/mol. The zero-order valence-electron chi connectivity index (χ0n) is 15.1. The number of ether oxygens (including phenoxy) is 2. The van der Waals surface area contributed by atoms with Gasteiger partial charge >= 0.3 is 6.18 Å². The van der Waals surface area contributed by atoms with Crippen LogP contribution in [-0.4, -0.2) is 24.1 Å². The minimum absolute atomic E-state index is 0.0672. The molecule has 0 amide bonds. The van der Waals surface area contributed by atoms with Gasteiger partial charge in [0.25, 0.3) is 5.69 Å². The zero-order valence-corrected chi connectivity index (χ0v) is 15.1. The van der Waals surface area contributed by atoms with Crippen molar-refractivity contribution < 1.29 is 27.6 Å². The van der Waals surface area contributed by atoms with Crippen molar-refractivity contribution >= 4 is 16.6 Å². The summed E-state index contributed by atoms with van der Waals surface area (Å²) in [5.41, 5.74) is 0.433. The van der Waals surface area contributed by atoms with E-state index in [2.05, 4.69) is 4.98 Å². The fourth-order valence-electron chi connectivity index (χ4n) is 3.05. The van der Waals surface area contributed by atoms with Gasteiger partial charge in [0.15, 0.2) is 5.52 Å². The molecule has 0 aliphatic rings. The van der Waals surface area contributed by atoms with E-state index in [0.717, 1.165) is 12.1 Å². The summed E-state index contributed by atoms with van der Waals surface area (Å²) in [6.45, 7) is 1.71. The summed E-state index contributed by atoms with van der Waals surface area (Å²) in [4.78, 5) is 15.1. The molecule has 0 saturated heterocycles. The number of hydrogen-bond acceptors (Lipinski definition) is 5. The Hall–Kier alpha value is -3.36. The second-order valence-electron chi connectivity index (χ2n) is 6.01. The van der Waals surface area contributed by atoms with Crippen LogP contribution in [0.2, 0.25) is 0 Å². The Bertz CT molecular complexity index is 1060. The molecule has 1 heterocycles. The van der Waals surface area contributed by atoms with Gasteiger partial charge in [0.2, 0.25) is 5.88 Å². The van der Waals surface area contributed by atoms with Crippen molar-refractivity contribution in [1.82, 2.24) is 4.98 Å². The van der Waals surface area contributed by atoms with Crippen molar-refractivity contribution in [3.05, 3.63) is 57.6 Å². The summed E-state index contributed by atoms with van der Waals surface area (Å²) in [6, 6.07) is 7.31. The van der Waals surface area contributed by atoms with Gasteiger partial charge in [0.05, 0.1) is 30.8 Å². The Kier molecular flexibility index (Phi) is 4.84. The van der Waals surface area contributed by atoms with E-state index in [0.29, 0.717) is 22.1 Å². The fraction of sp³-hybridized carbons (Fsp3) is 0.211. The molecule has 0 radical (unpaired) electrons. The second kappa shape index (κ2) is 6.99. The van der Waals surface area contributed by atoms with Crippen LogP contribution in [-0.2, 0) is 6.18 Å². The predicted octanol–water partition coefficient (Wildman–Crippen LogP) is 5.15. The first-order chi connectivity index (χ1) is 13.2. The number of fused-ring (bicyclic) bond motifs is 1. The number of benzene rings is 2. The van der Waals surface area contributed by atoms with E-state index in [4.69, 9.17) is 9.47 Å². The molecule has 9 heteroatoms. The van der Waals surface area contributed by atoms with E-state index < -0.39 is 16.7 Å². The van der Waals surface area contributed by atoms with Gasteiger partial charge in [0.1, 0.15) is 5.75 Å². The maximum absolute atomic E-state index is 12.9. The summed E-state index contributed by atoms with van der Waals surface area (Å²) in [5, 5.41) is 11.9. The topological polar surface area (TPSA) is 74.5 Å². The van der Waals surface area contributed by atoms with Gasteiger partial charge in [0, 0.05) is 17.0 Å². The molecule has 0 unspecified atom stereocenters. The van der Waals surface area contributed by atoms with Crippen LogP contribution in [0, 0.1) is 17.0 Å². The molecule has 0 aliphatic carbocycles. The fourth-order valence-corrected chi connectivity index (χ4v) is 3.05. The maximum atomic E-state index is 12.9. The van der Waals surface area contributed by atoms with Gasteiger partial charge in [-0.3, -0.25) is 10.1 Å². The predicted molar refractivity (Wildman–Crippen MR) is 96.7 cm³/mol. The van der Waals surface area contributed by atoms with Crippen LogP contribution in [0.1, 0.15) is 11.1 Å². The van der Waals surface area contributed by atoms with Gasteiger partial charge in [-0.1, -0.05) is 12.1 Å². The summed E-state index contributed by atoms with van der Waals surface area (Å²) in [5.74, 6) is 0.352. The average molecular weight is 392 g/mol. The lowest BCUT2D eigenvalue weighted by Gasteiger charge is -2.16. The number of methoxy groups -OCH3 is 2. The highest BCUT2D eigenvalue weighted by Gasteiger charge is 2.30. The molecule has 1 aromatic heterocycles. The molecule has 0 bridgehead atoms. The highest BCUT2D eigenvalue weighted by Crippen LogP contribution is 2.44. The standard InChI is InChI=1S/C19H15F3N2O4/c1-10-8-15(28-3)23-18-13(24(25)26)9-14(27-2)17(16(10)18)11-4-6-12(7-5-11)19(20,21)22/h4-9H,1-3H3. The van der Waals surface area contributed by atoms with Crippen molar-refractivity contribution in [2.24, 2.45) is 0 Å². The Labute approximate surface area is 157 Å². The minimum atomic E-state index is -4.47. The molecule has 0 N–H and O–H groups in total. The molecule has 6 nitrogen and oxygen atoms in total. The van der Waals surface area contributed by atoms with E-state index in [1.807, 2.05) is 0 Å². The van der Waals surface area contributed by atoms with Crippen LogP contribution >= 0.6 is 0 Å². The molecule has 0 fully saturated rings. The smallest absolute Gasteiger partial charge is 0.416 e. The Balaban J connectivity index is 2.39. The third-order valence-corrected chi connectivity index (χ3v) is 4.33. The number of alkyl halides is 3. The Morgan fingerprint density at radius 1 is 1.07 bits per heavy atom. The lowest BCUT2D eigenvalue weighted by molar-refractivity contribution is -0.383. The molecule has 28 heavy (non-hydrogen) atoms. The van der Waals surface area contributed by atoms with Gasteiger partial charge in [-0.2, -0.15) is 13.2 Å². The molecule has 3 aromatic rings. The number of hydrogen-bond donors (Lipinski definition) is 0. The third-order valence-electron chi connectivity index (χ3n) is 4.33. The number of nitro groups is 1. The first kappa shape index (κ1) is 19.4. The van der Waals surface area contributed by atoms with Crippen LogP contribution < -0.4 is 9.47 Å². The van der Waals surface area contributed by atoms with Crippen LogP contribution in [0.25, 0.3) is 22.0 Å². The van der Waals surface area contributed by atoms with Gasteiger partial charge in [-0.05, 0) is 30.2 Å². The average Bonchev–Trinajstić information content (AvgIpc) is 2.65. The number of aromatic nitrogens is 1. The Morgan fingerprint density at radius 3 is 2.21 bits per heavy atom. The van der Waals surface area contributed by atoms with Crippen molar-refractivity contribution in [3.63, 3.8) is 0 Å². The molecule has 0 spiro atoms. The SMILES string of the molecule is COc1cc(C)c2c(-c3ccc(C(F)(F)F)cc3)c(OC)cc([N+](=O)[O-])c2n1. The maximum Gasteiger partial charge on any atom is 0.416 e. The molecule has 3 rings (SSSR count). The largest absolute Gasteiger partial charge is 0.496 e. The van der Waals surface area contributed by atoms with E-state index in [1.165, 1.54) is 32.4 Å². The van der Waals surface area contributed by atoms with Crippen LogP contribution in [0.15, 0.2) is 36.4 Å². The minimum Gasteiger partial charge on any atom is -0.496 e. The molecule has 2 aromatic carbocycles. The van der Waals surface area contributed by atoms with E-state index in [1.54, 1.807) is 13.0 Å². The van der Waals surface area contributed by atoms with Crippen LogP contribution in [0.4, 0.5) is 18.9 Å². The second-order valence-corrected chi connectivity index (χ2v) is 6.01. The van der Waals surface area contributed by atoms with Gasteiger partial charge in [-0.25, -0.2) is 4.98 Å². The Morgan fingerprint density at radius 2 is 1.71 bits per heavy atom. The van der Waals surface area contributed by atoms with Crippen molar-refractivity contribution in [3.8, 4) is 22.8 Å². The number of pyridine rings is 1. The number of nitro benzene ring substituents is 1. The van der Waals surface area contributed by atoms with Crippen molar-refractivity contribution in [2.75, 3.05) is 14.2 Å². The molecule has 0 aliphatic heterocycles. The summed E-state index contributed by atoms with van der Waals surface area (Å²) in [6.07, 6.45) is -4.47. The lowest BCUT2D eigenvalue weighted by Crippen LogP contribution is -2.04. The number of rotatable bonds is 4. The molecular weight excluding hydrogens is 377 g/mol. The van der Waals surface area contributed by atoms with E-state index >= 15 is 0 Å². The molecular formula is C19H15F3N2O4.